The zero-order chi connectivity index (χ0) is 19.2. The first-order chi connectivity index (χ1) is 13.2. The Morgan fingerprint density at radius 1 is 1.07 bits per heavy atom. The number of halogens is 1. The summed E-state index contributed by atoms with van der Waals surface area (Å²) < 4.78 is 19.0. The van der Waals surface area contributed by atoms with E-state index in [4.69, 9.17) is 9.72 Å². The van der Waals surface area contributed by atoms with Crippen molar-refractivity contribution in [3.63, 3.8) is 0 Å². The summed E-state index contributed by atoms with van der Waals surface area (Å²) in [7, 11) is 0. The standard InChI is InChI=1S/C21H20FNOS.C2H4/c1-14-20(23-21(25-14)16-5-8-18(22)9-6-16)11-12-24-19-10-7-15-3-2-4-17(15)13-19;1-2/h5-10,13H,2-4,11-12H2,1H3;1-2H2. The maximum absolute atomic E-state index is 13.1. The lowest BCUT2D eigenvalue weighted by molar-refractivity contribution is 0.320. The second-order valence-electron chi connectivity index (χ2n) is 6.41. The van der Waals surface area contributed by atoms with E-state index in [2.05, 4.69) is 38.3 Å². The van der Waals surface area contributed by atoms with E-state index in [0.29, 0.717) is 6.61 Å². The van der Waals surface area contributed by atoms with Crippen molar-refractivity contribution in [2.45, 2.75) is 32.6 Å². The molecule has 4 heteroatoms. The van der Waals surface area contributed by atoms with E-state index in [0.717, 1.165) is 28.4 Å². The van der Waals surface area contributed by atoms with Crippen molar-refractivity contribution in [3.8, 4) is 16.3 Å². The summed E-state index contributed by atoms with van der Waals surface area (Å²) in [4.78, 5) is 5.91. The van der Waals surface area contributed by atoms with Crippen LogP contribution in [0.1, 0.15) is 28.1 Å². The summed E-state index contributed by atoms with van der Waals surface area (Å²) >= 11 is 1.65. The number of hydrogen-bond acceptors (Lipinski definition) is 3. The lowest BCUT2D eigenvalue weighted by Crippen LogP contribution is -2.03. The number of rotatable bonds is 5. The summed E-state index contributed by atoms with van der Waals surface area (Å²) in [6.07, 6.45) is 4.39. The molecule has 1 aromatic heterocycles. The van der Waals surface area contributed by atoms with Gasteiger partial charge in [-0.05, 0) is 73.7 Å². The smallest absolute Gasteiger partial charge is 0.123 e. The van der Waals surface area contributed by atoms with Crippen molar-refractivity contribution in [3.05, 3.63) is 83.1 Å². The summed E-state index contributed by atoms with van der Waals surface area (Å²) in [6.45, 7) is 8.70. The molecule has 0 atom stereocenters. The van der Waals surface area contributed by atoms with Gasteiger partial charge in [-0.2, -0.15) is 0 Å². The van der Waals surface area contributed by atoms with Gasteiger partial charge in [0.05, 0.1) is 12.3 Å². The highest BCUT2D eigenvalue weighted by Gasteiger charge is 2.12. The Balaban J connectivity index is 0.00000102. The summed E-state index contributed by atoms with van der Waals surface area (Å²) in [5, 5.41) is 0.935. The maximum atomic E-state index is 13.1. The first-order valence-corrected chi connectivity index (χ1v) is 9.97. The van der Waals surface area contributed by atoms with E-state index in [9.17, 15) is 4.39 Å². The van der Waals surface area contributed by atoms with Crippen LogP contribution in [0.2, 0.25) is 0 Å². The monoisotopic (exact) mass is 381 g/mol. The molecule has 0 bridgehead atoms. The van der Waals surface area contributed by atoms with Gasteiger partial charge in [-0.25, -0.2) is 9.37 Å². The van der Waals surface area contributed by atoms with Gasteiger partial charge in [0.2, 0.25) is 0 Å². The third kappa shape index (κ3) is 4.64. The lowest BCUT2D eigenvalue weighted by atomic mass is 10.1. The summed E-state index contributed by atoms with van der Waals surface area (Å²) in [5.74, 6) is 0.729. The lowest BCUT2D eigenvalue weighted by Gasteiger charge is -2.07. The normalized spacial score (nSPS) is 12.2. The largest absolute Gasteiger partial charge is 0.493 e. The van der Waals surface area contributed by atoms with Crippen LogP contribution in [0.5, 0.6) is 5.75 Å². The Hall–Kier alpha value is -2.46. The van der Waals surface area contributed by atoms with Gasteiger partial charge < -0.3 is 4.74 Å². The predicted molar refractivity (Wildman–Crippen MR) is 111 cm³/mol. The van der Waals surface area contributed by atoms with Gasteiger partial charge in [0.25, 0.3) is 0 Å². The third-order valence-electron chi connectivity index (χ3n) is 4.66. The number of thiazole rings is 1. The molecule has 1 aliphatic rings. The van der Waals surface area contributed by atoms with Crippen LogP contribution in [0.4, 0.5) is 4.39 Å². The van der Waals surface area contributed by atoms with Gasteiger partial charge in [-0.3, -0.25) is 0 Å². The van der Waals surface area contributed by atoms with Crippen LogP contribution in [0.3, 0.4) is 0 Å². The van der Waals surface area contributed by atoms with Crippen LogP contribution < -0.4 is 4.74 Å². The van der Waals surface area contributed by atoms with Crippen molar-refractivity contribution in [1.82, 2.24) is 4.98 Å². The zero-order valence-corrected chi connectivity index (χ0v) is 16.4. The van der Waals surface area contributed by atoms with Crippen molar-refractivity contribution in [2.75, 3.05) is 6.61 Å². The second kappa shape index (κ2) is 8.96. The molecule has 0 radical (unpaired) electrons. The molecule has 0 saturated carbocycles. The average Bonchev–Trinajstić information content (AvgIpc) is 3.30. The Kier molecular flexibility index (Phi) is 6.40. The van der Waals surface area contributed by atoms with Gasteiger partial charge >= 0.3 is 0 Å². The molecule has 1 aliphatic carbocycles. The molecule has 1 heterocycles. The van der Waals surface area contributed by atoms with Crippen LogP contribution in [0.15, 0.2) is 55.6 Å². The van der Waals surface area contributed by atoms with Crippen molar-refractivity contribution in [1.29, 1.82) is 0 Å². The molecule has 3 aromatic rings. The first-order valence-electron chi connectivity index (χ1n) is 9.16. The van der Waals surface area contributed by atoms with E-state index >= 15 is 0 Å². The van der Waals surface area contributed by atoms with E-state index in [1.807, 2.05) is 0 Å². The third-order valence-corrected chi connectivity index (χ3v) is 5.72. The predicted octanol–water partition coefficient (Wildman–Crippen LogP) is 6.17. The molecule has 0 saturated heterocycles. The topological polar surface area (TPSA) is 22.1 Å². The summed E-state index contributed by atoms with van der Waals surface area (Å²) in [6, 6.07) is 12.9. The molecule has 0 fully saturated rings. The Morgan fingerprint density at radius 3 is 2.59 bits per heavy atom. The fourth-order valence-electron chi connectivity index (χ4n) is 3.28. The van der Waals surface area contributed by atoms with E-state index in [-0.39, 0.29) is 5.82 Å². The SMILES string of the molecule is C=C.Cc1sc(-c2ccc(F)cc2)nc1CCOc1ccc2c(c1)CCC2. The van der Waals surface area contributed by atoms with Crippen LogP contribution >= 0.6 is 11.3 Å². The number of fused-ring (bicyclic) bond motifs is 1. The van der Waals surface area contributed by atoms with Crippen LogP contribution in [0, 0.1) is 12.7 Å². The fraction of sp³-hybridized carbons (Fsp3) is 0.261. The van der Waals surface area contributed by atoms with Crippen LogP contribution in [0.25, 0.3) is 10.6 Å². The fourth-order valence-corrected chi connectivity index (χ4v) is 4.24. The highest BCUT2D eigenvalue weighted by Crippen LogP contribution is 2.29. The minimum absolute atomic E-state index is 0.222. The number of aryl methyl sites for hydroxylation is 3. The first kappa shape index (κ1) is 19.3. The molecular formula is C23H24FNOS. The van der Waals surface area contributed by atoms with E-state index < -0.39 is 0 Å². The molecule has 0 aliphatic heterocycles. The molecule has 0 amide bonds. The number of hydrogen-bond donors (Lipinski definition) is 0. The molecule has 2 nitrogen and oxygen atoms in total. The molecule has 0 unspecified atom stereocenters. The molecule has 4 rings (SSSR count). The minimum atomic E-state index is -0.222. The van der Waals surface area contributed by atoms with Gasteiger partial charge in [0.15, 0.2) is 0 Å². The van der Waals surface area contributed by atoms with Crippen molar-refractivity contribution >= 4 is 11.3 Å². The van der Waals surface area contributed by atoms with Gasteiger partial charge in [0.1, 0.15) is 16.6 Å². The van der Waals surface area contributed by atoms with Gasteiger partial charge in [-0.15, -0.1) is 24.5 Å². The zero-order valence-electron chi connectivity index (χ0n) is 15.6. The molecule has 0 N–H and O–H groups in total. The number of nitrogens with zero attached hydrogens (tertiary/aromatic N) is 1. The summed E-state index contributed by atoms with van der Waals surface area (Å²) in [5.41, 5.74) is 4.92. The van der Waals surface area contributed by atoms with Gasteiger partial charge in [-0.1, -0.05) is 6.07 Å². The molecule has 0 spiro atoms. The Labute approximate surface area is 164 Å². The quantitative estimate of drug-likeness (QED) is 0.493. The van der Waals surface area contributed by atoms with Crippen LogP contribution in [-0.4, -0.2) is 11.6 Å². The number of benzene rings is 2. The highest BCUT2D eigenvalue weighted by molar-refractivity contribution is 7.15. The molecular weight excluding hydrogens is 357 g/mol. The number of aromatic nitrogens is 1. The Bertz CT molecular complexity index is 901. The molecule has 2 aromatic carbocycles. The molecule has 27 heavy (non-hydrogen) atoms. The van der Waals surface area contributed by atoms with Gasteiger partial charge in [0, 0.05) is 16.9 Å². The molecule has 140 valence electrons. The Morgan fingerprint density at radius 2 is 1.81 bits per heavy atom. The van der Waals surface area contributed by atoms with E-state index in [1.54, 1.807) is 23.5 Å². The number of ether oxygens (including phenoxy) is 1. The van der Waals surface area contributed by atoms with Crippen molar-refractivity contribution in [2.24, 2.45) is 0 Å². The highest BCUT2D eigenvalue weighted by atomic mass is 32.1. The maximum Gasteiger partial charge on any atom is 0.123 e. The second-order valence-corrected chi connectivity index (χ2v) is 7.61. The van der Waals surface area contributed by atoms with Crippen molar-refractivity contribution < 1.29 is 9.13 Å². The average molecular weight is 382 g/mol. The van der Waals surface area contributed by atoms with Crippen LogP contribution in [-0.2, 0) is 19.3 Å². The minimum Gasteiger partial charge on any atom is -0.493 e. The van der Waals surface area contributed by atoms with E-state index in [1.165, 1.54) is 47.4 Å².